The molecule has 0 heterocycles. The van der Waals surface area contributed by atoms with Gasteiger partial charge in [0.1, 0.15) is 5.02 Å². The van der Waals surface area contributed by atoms with Crippen molar-refractivity contribution < 1.29 is 19.9 Å². The van der Waals surface area contributed by atoms with Crippen molar-refractivity contribution in [3.05, 3.63) is 33.3 Å². The number of carboxylic acids is 1. The van der Waals surface area contributed by atoms with E-state index in [9.17, 15) is 14.9 Å². The van der Waals surface area contributed by atoms with Crippen LogP contribution in [0.4, 0.5) is 11.4 Å². The predicted octanol–water partition coefficient (Wildman–Crippen LogP) is 1.11. The normalized spacial score (nSPS) is 11.9. The minimum Gasteiger partial charge on any atom is -0.479 e. The first-order valence-electron chi connectivity index (χ1n) is 4.50. The van der Waals surface area contributed by atoms with Gasteiger partial charge >= 0.3 is 5.97 Å². The van der Waals surface area contributed by atoms with Gasteiger partial charge in [-0.1, -0.05) is 11.6 Å². The average molecular weight is 261 g/mol. The highest BCUT2D eigenvalue weighted by molar-refractivity contribution is 6.32. The van der Waals surface area contributed by atoms with Crippen molar-refractivity contribution in [3.63, 3.8) is 0 Å². The summed E-state index contributed by atoms with van der Waals surface area (Å²) in [6.07, 6.45) is -1.55. The number of aliphatic hydroxyl groups is 1. The fourth-order valence-electron chi connectivity index (χ4n) is 1.07. The van der Waals surface area contributed by atoms with E-state index in [2.05, 4.69) is 5.32 Å². The van der Waals surface area contributed by atoms with Crippen molar-refractivity contribution >= 4 is 28.9 Å². The lowest BCUT2D eigenvalue weighted by Crippen LogP contribution is -2.28. The first-order chi connectivity index (χ1) is 7.91. The summed E-state index contributed by atoms with van der Waals surface area (Å²) < 4.78 is 0. The molecule has 0 aliphatic carbocycles. The number of benzene rings is 1. The minimum atomic E-state index is -1.55. The maximum absolute atomic E-state index is 10.5. The number of aliphatic hydroxyl groups excluding tert-OH is 1. The number of carbonyl (C=O) groups is 1. The number of hydrogen-bond donors (Lipinski definition) is 3. The van der Waals surface area contributed by atoms with E-state index in [-0.39, 0.29) is 17.3 Å². The number of nitrogens with one attached hydrogen (secondary N) is 1. The van der Waals surface area contributed by atoms with Crippen LogP contribution in [0.15, 0.2) is 18.2 Å². The number of nitro groups is 1. The van der Waals surface area contributed by atoms with Crippen molar-refractivity contribution in [1.29, 1.82) is 0 Å². The van der Waals surface area contributed by atoms with Crippen molar-refractivity contribution in [2.24, 2.45) is 0 Å². The van der Waals surface area contributed by atoms with Gasteiger partial charge in [-0.25, -0.2) is 4.79 Å². The van der Waals surface area contributed by atoms with Crippen LogP contribution in [0.25, 0.3) is 0 Å². The third-order valence-corrected chi connectivity index (χ3v) is 2.23. The second-order valence-electron chi connectivity index (χ2n) is 3.16. The molecule has 0 aromatic heterocycles. The summed E-state index contributed by atoms with van der Waals surface area (Å²) in [5.74, 6) is -1.36. The van der Waals surface area contributed by atoms with E-state index in [4.69, 9.17) is 21.8 Å². The first-order valence-corrected chi connectivity index (χ1v) is 4.88. The van der Waals surface area contributed by atoms with Crippen LogP contribution in [-0.2, 0) is 4.79 Å². The number of halogens is 1. The van der Waals surface area contributed by atoms with Crippen LogP contribution >= 0.6 is 11.6 Å². The van der Waals surface area contributed by atoms with Gasteiger partial charge in [0.05, 0.1) is 11.5 Å². The molecule has 0 radical (unpaired) electrons. The molecule has 0 bridgehead atoms. The molecule has 0 saturated heterocycles. The zero-order valence-electron chi connectivity index (χ0n) is 8.46. The number of rotatable bonds is 5. The average Bonchev–Trinajstić information content (AvgIpc) is 2.25. The Morgan fingerprint density at radius 1 is 1.59 bits per heavy atom. The molecule has 1 aromatic carbocycles. The largest absolute Gasteiger partial charge is 0.479 e. The molecule has 17 heavy (non-hydrogen) atoms. The SMILES string of the molecule is O=C(O)C(O)CNc1ccc([N+](=O)[O-])c(Cl)c1. The number of aliphatic carboxylic acids is 1. The van der Waals surface area contributed by atoms with E-state index in [1.54, 1.807) is 0 Å². The Hall–Kier alpha value is -1.86. The Morgan fingerprint density at radius 3 is 2.71 bits per heavy atom. The van der Waals surface area contributed by atoms with Crippen molar-refractivity contribution in [2.75, 3.05) is 11.9 Å². The standard InChI is InChI=1S/C9H9ClN2O5/c10-6-3-5(1-2-7(6)12(16)17)11-4-8(13)9(14)15/h1-3,8,11,13H,4H2,(H,14,15). The molecular weight excluding hydrogens is 252 g/mol. The number of nitrogens with zero attached hydrogens (tertiary/aromatic N) is 1. The highest BCUT2D eigenvalue weighted by Gasteiger charge is 2.14. The van der Waals surface area contributed by atoms with Gasteiger partial charge in [0.2, 0.25) is 0 Å². The Morgan fingerprint density at radius 2 is 2.24 bits per heavy atom. The van der Waals surface area contributed by atoms with Crippen molar-refractivity contribution in [2.45, 2.75) is 6.10 Å². The van der Waals surface area contributed by atoms with Crippen LogP contribution in [0, 0.1) is 10.1 Å². The van der Waals surface area contributed by atoms with E-state index >= 15 is 0 Å². The molecule has 0 saturated carbocycles. The summed E-state index contributed by atoms with van der Waals surface area (Å²) in [7, 11) is 0. The lowest BCUT2D eigenvalue weighted by atomic mass is 10.2. The summed E-state index contributed by atoms with van der Waals surface area (Å²) in [6, 6.07) is 3.85. The summed E-state index contributed by atoms with van der Waals surface area (Å²) in [5.41, 5.74) is 0.150. The van der Waals surface area contributed by atoms with Crippen LogP contribution < -0.4 is 5.32 Å². The minimum absolute atomic E-state index is 0.0650. The fraction of sp³-hybridized carbons (Fsp3) is 0.222. The molecule has 1 rings (SSSR count). The molecule has 0 amide bonds. The topological polar surface area (TPSA) is 113 Å². The third-order valence-electron chi connectivity index (χ3n) is 1.93. The zero-order valence-corrected chi connectivity index (χ0v) is 9.22. The molecule has 0 aliphatic heterocycles. The fourth-order valence-corrected chi connectivity index (χ4v) is 1.32. The van der Waals surface area contributed by atoms with Gasteiger partial charge in [0, 0.05) is 11.8 Å². The van der Waals surface area contributed by atoms with E-state index in [0.717, 1.165) is 0 Å². The Bertz CT molecular complexity index is 451. The van der Waals surface area contributed by atoms with E-state index < -0.39 is 17.0 Å². The Labute approximate surface area is 101 Å². The van der Waals surface area contributed by atoms with Crippen molar-refractivity contribution in [1.82, 2.24) is 0 Å². The Kier molecular flexibility index (Phi) is 4.24. The van der Waals surface area contributed by atoms with E-state index in [1.165, 1.54) is 18.2 Å². The van der Waals surface area contributed by atoms with Crippen LogP contribution in [-0.4, -0.2) is 33.8 Å². The van der Waals surface area contributed by atoms with Gasteiger partial charge in [-0.3, -0.25) is 10.1 Å². The summed E-state index contributed by atoms with van der Waals surface area (Å²) in [5, 5.41) is 30.4. The second kappa shape index (κ2) is 5.46. The highest BCUT2D eigenvalue weighted by Crippen LogP contribution is 2.27. The molecule has 8 heteroatoms. The highest BCUT2D eigenvalue weighted by atomic mass is 35.5. The van der Waals surface area contributed by atoms with Gasteiger partial charge < -0.3 is 15.5 Å². The smallest absolute Gasteiger partial charge is 0.334 e. The van der Waals surface area contributed by atoms with Gasteiger partial charge in [-0.15, -0.1) is 0 Å². The first kappa shape index (κ1) is 13.2. The van der Waals surface area contributed by atoms with Crippen LogP contribution in [0.2, 0.25) is 5.02 Å². The number of hydrogen-bond acceptors (Lipinski definition) is 5. The molecule has 0 fully saturated rings. The Balaban J connectivity index is 2.71. The summed E-state index contributed by atoms with van der Waals surface area (Å²) >= 11 is 5.64. The lowest BCUT2D eigenvalue weighted by molar-refractivity contribution is -0.384. The zero-order chi connectivity index (χ0) is 13.0. The molecule has 1 atom stereocenters. The maximum Gasteiger partial charge on any atom is 0.334 e. The van der Waals surface area contributed by atoms with E-state index in [0.29, 0.717) is 5.69 Å². The third kappa shape index (κ3) is 3.58. The molecular formula is C9H9ClN2O5. The van der Waals surface area contributed by atoms with Crippen LogP contribution in [0.1, 0.15) is 0 Å². The summed E-state index contributed by atoms with van der Waals surface area (Å²) in [6.45, 7) is -0.219. The van der Waals surface area contributed by atoms with Gasteiger partial charge in [0.25, 0.3) is 5.69 Å². The van der Waals surface area contributed by atoms with Gasteiger partial charge in [-0.05, 0) is 12.1 Å². The molecule has 92 valence electrons. The second-order valence-corrected chi connectivity index (χ2v) is 3.57. The monoisotopic (exact) mass is 260 g/mol. The molecule has 7 nitrogen and oxygen atoms in total. The van der Waals surface area contributed by atoms with Gasteiger partial charge in [0.15, 0.2) is 6.10 Å². The molecule has 3 N–H and O–H groups in total. The number of nitro benzene ring substituents is 1. The predicted molar refractivity (Wildman–Crippen MR) is 60.2 cm³/mol. The van der Waals surface area contributed by atoms with Crippen LogP contribution in [0.5, 0.6) is 0 Å². The molecule has 1 aromatic rings. The number of carboxylic acid groups (broad SMARTS) is 1. The maximum atomic E-state index is 10.5. The number of anilines is 1. The molecule has 1 unspecified atom stereocenters. The van der Waals surface area contributed by atoms with Crippen LogP contribution in [0.3, 0.4) is 0 Å². The molecule has 0 aliphatic rings. The quantitative estimate of drug-likeness (QED) is 0.540. The van der Waals surface area contributed by atoms with E-state index in [1.807, 2.05) is 0 Å². The summed E-state index contributed by atoms with van der Waals surface area (Å²) in [4.78, 5) is 20.2. The molecule has 0 spiro atoms. The lowest BCUT2D eigenvalue weighted by Gasteiger charge is -2.09. The van der Waals surface area contributed by atoms with Gasteiger partial charge in [-0.2, -0.15) is 0 Å². The van der Waals surface area contributed by atoms with Crippen molar-refractivity contribution in [3.8, 4) is 0 Å².